The summed E-state index contributed by atoms with van der Waals surface area (Å²) in [4.78, 5) is 19.4. The van der Waals surface area contributed by atoms with E-state index in [1.54, 1.807) is 0 Å². The fourth-order valence-electron chi connectivity index (χ4n) is 1.92. The second-order valence-electron chi connectivity index (χ2n) is 4.10. The van der Waals surface area contributed by atoms with E-state index >= 15 is 0 Å². The van der Waals surface area contributed by atoms with Crippen LogP contribution >= 0.6 is 0 Å². The van der Waals surface area contributed by atoms with Crippen LogP contribution in [0.1, 0.15) is 18.3 Å². The second kappa shape index (κ2) is 5.60. The lowest BCUT2D eigenvalue weighted by molar-refractivity contribution is 0.871. The predicted octanol–water partition coefficient (Wildman–Crippen LogP) is 1.50. The van der Waals surface area contributed by atoms with Crippen LogP contribution in [0.25, 0.3) is 11.3 Å². The molecule has 1 aromatic carbocycles. The van der Waals surface area contributed by atoms with Gasteiger partial charge in [0, 0.05) is 17.5 Å². The molecule has 0 aliphatic rings. The first-order chi connectivity index (χ1) is 8.76. The molecule has 0 aliphatic carbocycles. The quantitative estimate of drug-likeness (QED) is 0.854. The third-order valence-electron chi connectivity index (χ3n) is 2.84. The van der Waals surface area contributed by atoms with Gasteiger partial charge in [-0.2, -0.15) is 0 Å². The monoisotopic (exact) mass is 243 g/mol. The average Bonchev–Trinajstić information content (AvgIpc) is 2.42. The molecule has 0 saturated heterocycles. The Kier molecular flexibility index (Phi) is 3.89. The molecule has 4 nitrogen and oxygen atoms in total. The van der Waals surface area contributed by atoms with E-state index in [-0.39, 0.29) is 5.56 Å². The molecule has 0 amide bonds. The summed E-state index contributed by atoms with van der Waals surface area (Å²) < 4.78 is 0. The van der Waals surface area contributed by atoms with Crippen molar-refractivity contribution < 1.29 is 0 Å². The summed E-state index contributed by atoms with van der Waals surface area (Å²) in [5, 5.41) is 0. The largest absolute Gasteiger partial charge is 0.330 e. The Morgan fingerprint density at radius 1 is 1.28 bits per heavy atom. The van der Waals surface area contributed by atoms with Crippen LogP contribution < -0.4 is 11.3 Å². The van der Waals surface area contributed by atoms with Crippen LogP contribution in [-0.4, -0.2) is 16.5 Å². The third-order valence-corrected chi connectivity index (χ3v) is 2.84. The minimum Gasteiger partial charge on any atom is -0.330 e. The molecule has 2 aromatic rings. The van der Waals surface area contributed by atoms with Gasteiger partial charge in [-0.25, -0.2) is 4.98 Å². The summed E-state index contributed by atoms with van der Waals surface area (Å²) in [5.74, 6) is 0.708. The molecule has 0 aliphatic heterocycles. The van der Waals surface area contributed by atoms with Crippen molar-refractivity contribution >= 4 is 0 Å². The third kappa shape index (κ3) is 2.49. The summed E-state index contributed by atoms with van der Waals surface area (Å²) in [6, 6.07) is 9.74. The van der Waals surface area contributed by atoms with E-state index in [0.717, 1.165) is 11.3 Å². The molecule has 94 valence electrons. The molecule has 0 saturated carbocycles. The second-order valence-corrected chi connectivity index (χ2v) is 4.10. The average molecular weight is 243 g/mol. The number of rotatable bonds is 4. The van der Waals surface area contributed by atoms with Crippen molar-refractivity contribution in [3.8, 4) is 11.3 Å². The highest BCUT2D eigenvalue weighted by atomic mass is 16.1. The van der Waals surface area contributed by atoms with Gasteiger partial charge in [-0.05, 0) is 13.0 Å². The van der Waals surface area contributed by atoms with Crippen LogP contribution in [0.4, 0.5) is 0 Å². The fraction of sp³-hybridized carbons (Fsp3) is 0.286. The number of nitrogens with zero attached hydrogens (tertiary/aromatic N) is 1. The summed E-state index contributed by atoms with van der Waals surface area (Å²) in [6.07, 6.45) is 1.24. The lowest BCUT2D eigenvalue weighted by atomic mass is 10.0. The highest BCUT2D eigenvalue weighted by Gasteiger charge is 2.11. The van der Waals surface area contributed by atoms with Crippen LogP contribution in [0, 0.1) is 0 Å². The Morgan fingerprint density at radius 3 is 2.61 bits per heavy atom. The molecule has 0 atom stereocenters. The Bertz CT molecular complexity index is 575. The molecule has 18 heavy (non-hydrogen) atoms. The van der Waals surface area contributed by atoms with E-state index in [1.165, 1.54) is 0 Å². The summed E-state index contributed by atoms with van der Waals surface area (Å²) in [7, 11) is 0. The Balaban J connectivity index is 2.63. The van der Waals surface area contributed by atoms with Gasteiger partial charge in [-0.15, -0.1) is 0 Å². The normalized spacial score (nSPS) is 10.6. The number of aromatic nitrogens is 2. The van der Waals surface area contributed by atoms with Crippen molar-refractivity contribution in [1.82, 2.24) is 9.97 Å². The Morgan fingerprint density at radius 2 is 2.00 bits per heavy atom. The zero-order valence-electron chi connectivity index (χ0n) is 10.4. The van der Waals surface area contributed by atoms with Gasteiger partial charge in [0.25, 0.3) is 5.56 Å². The zero-order chi connectivity index (χ0) is 13.0. The van der Waals surface area contributed by atoms with Gasteiger partial charge in [0.1, 0.15) is 5.82 Å². The molecule has 0 unspecified atom stereocenters. The predicted molar refractivity (Wildman–Crippen MR) is 72.4 cm³/mol. The number of nitrogens with one attached hydrogen (secondary N) is 1. The molecule has 0 fully saturated rings. The SMILES string of the molecule is CCc1nc(-c2ccccc2)c(CCN)c(=O)[nH]1. The van der Waals surface area contributed by atoms with Gasteiger partial charge in [-0.3, -0.25) is 4.79 Å². The number of nitrogens with two attached hydrogens (primary N) is 1. The van der Waals surface area contributed by atoms with Crippen LogP contribution in [0.3, 0.4) is 0 Å². The van der Waals surface area contributed by atoms with Gasteiger partial charge < -0.3 is 10.7 Å². The maximum atomic E-state index is 12.0. The van der Waals surface area contributed by atoms with Crippen molar-refractivity contribution in [2.45, 2.75) is 19.8 Å². The van der Waals surface area contributed by atoms with Crippen molar-refractivity contribution in [1.29, 1.82) is 0 Å². The summed E-state index contributed by atoms with van der Waals surface area (Å²) in [6.45, 7) is 2.41. The van der Waals surface area contributed by atoms with Crippen molar-refractivity contribution in [3.05, 3.63) is 52.1 Å². The van der Waals surface area contributed by atoms with Crippen molar-refractivity contribution in [3.63, 3.8) is 0 Å². The van der Waals surface area contributed by atoms with E-state index in [0.29, 0.717) is 30.8 Å². The van der Waals surface area contributed by atoms with E-state index < -0.39 is 0 Å². The maximum Gasteiger partial charge on any atom is 0.254 e. The molecule has 4 heteroatoms. The number of hydrogen-bond donors (Lipinski definition) is 2. The Labute approximate surface area is 106 Å². The van der Waals surface area contributed by atoms with Crippen LogP contribution in [0.2, 0.25) is 0 Å². The number of aromatic amines is 1. The number of H-pyrrole nitrogens is 1. The molecule has 0 radical (unpaired) electrons. The highest BCUT2D eigenvalue weighted by Crippen LogP contribution is 2.19. The fourth-order valence-corrected chi connectivity index (χ4v) is 1.92. The standard InChI is InChI=1S/C14H17N3O/c1-2-12-16-13(10-6-4-3-5-7-10)11(8-9-15)14(18)17-12/h3-7H,2,8-9,15H2,1H3,(H,16,17,18). The molecule has 1 heterocycles. The maximum absolute atomic E-state index is 12.0. The smallest absolute Gasteiger partial charge is 0.254 e. The van der Waals surface area contributed by atoms with Crippen LogP contribution in [0.15, 0.2) is 35.1 Å². The Hall–Kier alpha value is -1.94. The first-order valence-electron chi connectivity index (χ1n) is 6.13. The molecule has 3 N–H and O–H groups in total. The first-order valence-corrected chi connectivity index (χ1v) is 6.13. The molecule has 2 rings (SSSR count). The molecule has 0 spiro atoms. The molecule has 1 aromatic heterocycles. The minimum absolute atomic E-state index is 0.0776. The van der Waals surface area contributed by atoms with Gasteiger partial charge in [0.2, 0.25) is 0 Å². The zero-order valence-corrected chi connectivity index (χ0v) is 10.4. The van der Waals surface area contributed by atoms with Crippen LogP contribution in [0.5, 0.6) is 0 Å². The lowest BCUT2D eigenvalue weighted by Gasteiger charge is -2.09. The minimum atomic E-state index is -0.0776. The summed E-state index contributed by atoms with van der Waals surface area (Å²) in [5.41, 5.74) is 7.87. The molecular weight excluding hydrogens is 226 g/mol. The molecule has 0 bridgehead atoms. The molecular formula is C14H17N3O. The van der Waals surface area contributed by atoms with Gasteiger partial charge in [-0.1, -0.05) is 37.3 Å². The highest BCUT2D eigenvalue weighted by molar-refractivity contribution is 5.62. The van der Waals surface area contributed by atoms with Crippen molar-refractivity contribution in [2.75, 3.05) is 6.54 Å². The topological polar surface area (TPSA) is 71.8 Å². The van der Waals surface area contributed by atoms with E-state index in [9.17, 15) is 4.79 Å². The van der Waals surface area contributed by atoms with E-state index in [2.05, 4.69) is 9.97 Å². The van der Waals surface area contributed by atoms with Gasteiger partial charge in [0.05, 0.1) is 5.69 Å². The number of hydrogen-bond acceptors (Lipinski definition) is 3. The lowest BCUT2D eigenvalue weighted by Crippen LogP contribution is -2.21. The number of aryl methyl sites for hydroxylation is 1. The van der Waals surface area contributed by atoms with Crippen molar-refractivity contribution in [2.24, 2.45) is 5.73 Å². The van der Waals surface area contributed by atoms with Gasteiger partial charge in [0.15, 0.2) is 0 Å². The van der Waals surface area contributed by atoms with E-state index in [1.807, 2.05) is 37.3 Å². The first kappa shape index (κ1) is 12.5. The van der Waals surface area contributed by atoms with Gasteiger partial charge >= 0.3 is 0 Å². The van der Waals surface area contributed by atoms with E-state index in [4.69, 9.17) is 5.73 Å². The van der Waals surface area contributed by atoms with Crippen LogP contribution in [-0.2, 0) is 12.8 Å². The number of benzene rings is 1. The summed E-state index contributed by atoms with van der Waals surface area (Å²) >= 11 is 0.